The molecule has 1 aromatic heterocycles. The van der Waals surface area contributed by atoms with Gasteiger partial charge in [-0.05, 0) is 62.9 Å². The van der Waals surface area contributed by atoms with Gasteiger partial charge in [0.1, 0.15) is 23.2 Å². The van der Waals surface area contributed by atoms with Gasteiger partial charge in [0.15, 0.2) is 5.43 Å². The molecule has 3 aromatic rings. The predicted molar refractivity (Wildman–Crippen MR) is 152 cm³/mol. The number of carbonyl (C=O) groups excluding carboxylic acids is 1. The minimum Gasteiger partial charge on any atom is -0.497 e. The summed E-state index contributed by atoms with van der Waals surface area (Å²) >= 11 is 0. The number of hydrogen-bond donors (Lipinski definition) is 0. The molecular formula is C32H37F2N3O3. The highest BCUT2D eigenvalue weighted by atomic mass is 19.1. The highest BCUT2D eigenvalue weighted by Gasteiger charge is 2.41. The first-order valence-electron chi connectivity index (χ1n) is 13.9. The topological polar surface area (TPSA) is 54.8 Å². The molecule has 40 heavy (non-hydrogen) atoms. The number of carbonyl (C=O) groups is 1. The van der Waals surface area contributed by atoms with Crippen molar-refractivity contribution < 1.29 is 18.3 Å². The fourth-order valence-corrected chi connectivity index (χ4v) is 6.04. The summed E-state index contributed by atoms with van der Waals surface area (Å²) in [6.07, 6.45) is 0.993. The number of halogens is 2. The van der Waals surface area contributed by atoms with Crippen LogP contribution in [-0.2, 0) is 17.9 Å². The van der Waals surface area contributed by atoms with Crippen molar-refractivity contribution >= 4 is 5.78 Å². The zero-order valence-corrected chi connectivity index (χ0v) is 23.7. The van der Waals surface area contributed by atoms with Crippen molar-refractivity contribution in [2.75, 3.05) is 39.8 Å². The van der Waals surface area contributed by atoms with Crippen LogP contribution in [0, 0.1) is 37.3 Å². The van der Waals surface area contributed by atoms with Crippen LogP contribution in [0.5, 0.6) is 5.75 Å². The number of benzene rings is 2. The molecule has 212 valence electrons. The van der Waals surface area contributed by atoms with E-state index in [2.05, 4.69) is 9.80 Å². The van der Waals surface area contributed by atoms with Crippen LogP contribution < -0.4 is 10.2 Å². The number of aromatic nitrogens is 1. The zero-order chi connectivity index (χ0) is 28.6. The van der Waals surface area contributed by atoms with E-state index in [1.807, 2.05) is 42.7 Å². The van der Waals surface area contributed by atoms with Crippen molar-refractivity contribution in [1.29, 1.82) is 0 Å². The summed E-state index contributed by atoms with van der Waals surface area (Å²) < 4.78 is 36.7. The van der Waals surface area contributed by atoms with Crippen LogP contribution in [0.25, 0.3) is 11.1 Å². The molecule has 0 radical (unpaired) electrons. The molecule has 0 N–H and O–H groups in total. The summed E-state index contributed by atoms with van der Waals surface area (Å²) in [6.45, 7) is 10.1. The molecule has 2 heterocycles. The van der Waals surface area contributed by atoms with Crippen molar-refractivity contribution in [1.82, 2.24) is 14.4 Å². The van der Waals surface area contributed by atoms with Crippen molar-refractivity contribution in [2.24, 2.45) is 11.8 Å². The first kappa shape index (κ1) is 28.2. The van der Waals surface area contributed by atoms with Gasteiger partial charge in [0, 0.05) is 73.3 Å². The lowest BCUT2D eigenvalue weighted by atomic mass is 9.98. The quantitative estimate of drug-likeness (QED) is 0.384. The summed E-state index contributed by atoms with van der Waals surface area (Å²) in [5.41, 5.74) is 3.11. The van der Waals surface area contributed by atoms with Gasteiger partial charge in [-0.25, -0.2) is 8.78 Å². The predicted octanol–water partition coefficient (Wildman–Crippen LogP) is 4.81. The van der Waals surface area contributed by atoms with Gasteiger partial charge in [0.05, 0.1) is 13.7 Å². The average molecular weight is 550 g/mol. The van der Waals surface area contributed by atoms with E-state index >= 15 is 0 Å². The van der Waals surface area contributed by atoms with Gasteiger partial charge in [-0.2, -0.15) is 0 Å². The molecule has 1 saturated heterocycles. The molecule has 1 aliphatic carbocycles. The maximum Gasteiger partial charge on any atom is 0.194 e. The summed E-state index contributed by atoms with van der Waals surface area (Å²) in [5.74, 6) is 0.392. The second-order valence-electron chi connectivity index (χ2n) is 11.2. The van der Waals surface area contributed by atoms with Crippen LogP contribution in [-0.4, -0.2) is 60.0 Å². The minimum atomic E-state index is -0.610. The van der Waals surface area contributed by atoms with Crippen LogP contribution in [0.3, 0.4) is 0 Å². The van der Waals surface area contributed by atoms with Gasteiger partial charge in [-0.1, -0.05) is 18.2 Å². The van der Waals surface area contributed by atoms with Crippen LogP contribution in [0.1, 0.15) is 35.9 Å². The standard InChI is InChI=1S/C32H37F2N3O3/c1-20-27(18-36-13-11-35(12-14-36)17-24-16-26(24)22(3)38)32(39)31(23-7-5-8-25(15-23)40-4)21(2)37(20)19-28-29(33)9-6-10-30(28)34/h5-10,15,24,26H,11-14,16-19H2,1-4H3. The molecule has 6 nitrogen and oxygen atoms in total. The van der Waals surface area contributed by atoms with Crippen molar-refractivity contribution in [3.63, 3.8) is 0 Å². The molecule has 5 rings (SSSR count). The molecule has 0 spiro atoms. The van der Waals surface area contributed by atoms with E-state index in [4.69, 9.17) is 4.74 Å². The summed E-state index contributed by atoms with van der Waals surface area (Å²) in [7, 11) is 1.58. The van der Waals surface area contributed by atoms with Crippen LogP contribution in [0.2, 0.25) is 0 Å². The molecule has 2 fully saturated rings. The van der Waals surface area contributed by atoms with E-state index in [0.29, 0.717) is 46.3 Å². The first-order chi connectivity index (χ1) is 19.2. The highest BCUT2D eigenvalue weighted by Crippen LogP contribution is 2.39. The lowest BCUT2D eigenvalue weighted by molar-refractivity contribution is -0.118. The molecule has 2 aliphatic rings. The number of methoxy groups -OCH3 is 1. The number of rotatable bonds is 9. The molecular weight excluding hydrogens is 512 g/mol. The lowest BCUT2D eigenvalue weighted by Crippen LogP contribution is -2.47. The van der Waals surface area contributed by atoms with Gasteiger partial charge < -0.3 is 14.2 Å². The first-order valence-corrected chi connectivity index (χ1v) is 13.9. The molecule has 2 aromatic carbocycles. The third-order valence-corrected chi connectivity index (χ3v) is 8.63. The Labute approximate surface area is 234 Å². The number of pyridine rings is 1. The Bertz CT molecular complexity index is 1460. The Morgan fingerprint density at radius 3 is 2.20 bits per heavy atom. The molecule has 2 atom stereocenters. The Morgan fingerprint density at radius 2 is 1.57 bits per heavy atom. The molecule has 0 amide bonds. The number of hydrogen-bond acceptors (Lipinski definition) is 5. The number of piperazine rings is 1. The number of ether oxygens (including phenoxy) is 1. The van der Waals surface area contributed by atoms with E-state index in [9.17, 15) is 18.4 Å². The maximum atomic E-state index is 14.7. The van der Waals surface area contributed by atoms with Gasteiger partial charge in [-0.15, -0.1) is 0 Å². The van der Waals surface area contributed by atoms with E-state index < -0.39 is 11.6 Å². The van der Waals surface area contributed by atoms with Crippen LogP contribution in [0.15, 0.2) is 47.3 Å². The fourth-order valence-electron chi connectivity index (χ4n) is 6.04. The largest absolute Gasteiger partial charge is 0.497 e. The van der Waals surface area contributed by atoms with Crippen LogP contribution >= 0.6 is 0 Å². The van der Waals surface area contributed by atoms with Gasteiger partial charge in [-0.3, -0.25) is 14.5 Å². The lowest BCUT2D eigenvalue weighted by Gasteiger charge is -2.35. The van der Waals surface area contributed by atoms with Gasteiger partial charge in [0.2, 0.25) is 0 Å². The summed E-state index contributed by atoms with van der Waals surface area (Å²) in [6, 6.07) is 11.2. The molecule has 8 heteroatoms. The smallest absolute Gasteiger partial charge is 0.194 e. The maximum absolute atomic E-state index is 14.7. The summed E-state index contributed by atoms with van der Waals surface area (Å²) in [4.78, 5) is 30.4. The Morgan fingerprint density at radius 1 is 0.925 bits per heavy atom. The number of nitrogens with zero attached hydrogens (tertiary/aromatic N) is 3. The van der Waals surface area contributed by atoms with E-state index in [0.717, 1.165) is 39.1 Å². The summed E-state index contributed by atoms with van der Waals surface area (Å²) in [5, 5.41) is 0. The van der Waals surface area contributed by atoms with E-state index in [-0.39, 0.29) is 29.2 Å². The van der Waals surface area contributed by atoms with Crippen LogP contribution in [0.4, 0.5) is 8.78 Å². The van der Waals surface area contributed by atoms with Crippen molar-refractivity contribution in [3.05, 3.63) is 86.8 Å². The minimum absolute atomic E-state index is 0.0209. The van der Waals surface area contributed by atoms with E-state index in [1.54, 1.807) is 14.0 Å². The Hall–Kier alpha value is -3.36. The average Bonchev–Trinajstić information content (AvgIpc) is 3.71. The van der Waals surface area contributed by atoms with Crippen molar-refractivity contribution in [2.45, 2.75) is 40.3 Å². The number of ketones is 1. The van der Waals surface area contributed by atoms with E-state index in [1.165, 1.54) is 18.2 Å². The fraction of sp³-hybridized carbons (Fsp3) is 0.438. The zero-order valence-electron chi connectivity index (χ0n) is 23.7. The van der Waals surface area contributed by atoms with Gasteiger partial charge >= 0.3 is 0 Å². The third-order valence-electron chi connectivity index (χ3n) is 8.63. The highest BCUT2D eigenvalue weighted by molar-refractivity contribution is 5.81. The van der Waals surface area contributed by atoms with Gasteiger partial charge in [0.25, 0.3) is 0 Å². The SMILES string of the molecule is COc1cccc(-c2c(C)n(Cc3c(F)cccc3F)c(C)c(CN3CCN(CC4CC4C(C)=O)CC3)c2=O)c1. The second-order valence-corrected chi connectivity index (χ2v) is 11.2. The molecule has 1 aliphatic heterocycles. The van der Waals surface area contributed by atoms with Crippen molar-refractivity contribution in [3.8, 4) is 16.9 Å². The molecule has 2 unspecified atom stereocenters. The number of Topliss-reactive ketones (excluding diaryl/α,β-unsaturated/α-hetero) is 1. The monoisotopic (exact) mass is 549 g/mol. The second kappa shape index (κ2) is 11.6. The molecule has 0 bridgehead atoms. The molecule has 1 saturated carbocycles. The Kier molecular flexibility index (Phi) is 8.19. The normalized spacial score (nSPS) is 19.6. The Balaban J connectivity index is 1.46. The third kappa shape index (κ3) is 5.74.